The minimum Gasteiger partial charge on any atom is -0.545 e. The molecule has 0 aliphatic heterocycles. The minimum atomic E-state index is -1.40. The maximum atomic E-state index is 11.0. The number of carboxylic acids is 2. The van der Waals surface area contributed by atoms with Gasteiger partial charge in [-0.2, -0.15) is 0 Å². The van der Waals surface area contributed by atoms with E-state index in [0.717, 1.165) is 18.9 Å². The summed E-state index contributed by atoms with van der Waals surface area (Å²) in [5.41, 5.74) is 0.158. The summed E-state index contributed by atoms with van der Waals surface area (Å²) < 4.78 is 0. The van der Waals surface area contributed by atoms with E-state index in [9.17, 15) is 19.8 Å². The van der Waals surface area contributed by atoms with E-state index in [0.29, 0.717) is 12.2 Å². The van der Waals surface area contributed by atoms with E-state index >= 15 is 0 Å². The number of hydrogen-bond donors (Lipinski definition) is 1. The Morgan fingerprint density at radius 1 is 0.645 bits per heavy atom. The molecule has 1 rings (SSSR count). The van der Waals surface area contributed by atoms with Crippen LogP contribution in [0.4, 0.5) is 5.69 Å². The Kier molecular flexibility index (Phi) is 23.3. The smallest absolute Gasteiger partial charge is 0.545 e. The fourth-order valence-electron chi connectivity index (χ4n) is 3.52. The predicted molar refractivity (Wildman–Crippen MR) is 114 cm³/mol. The fourth-order valence-corrected chi connectivity index (χ4v) is 3.52. The quantitative estimate of drug-likeness (QED) is 0.213. The average molecular weight is 450 g/mol. The number of hydrogen-bond acceptors (Lipinski definition) is 5. The zero-order chi connectivity index (χ0) is 21.3. The van der Waals surface area contributed by atoms with E-state index in [1.54, 1.807) is 0 Å². The van der Waals surface area contributed by atoms with Crippen LogP contribution in [0.3, 0.4) is 0 Å². The van der Waals surface area contributed by atoms with Crippen molar-refractivity contribution in [3.63, 3.8) is 0 Å². The SMILES string of the molecule is CCCCCCCCCCCCCCCCNc1cc(C(=O)[O-])cc(C(=O)[O-])c1.[Na+].[Na+]. The molecule has 0 radical (unpaired) electrons. The molecule has 5 nitrogen and oxygen atoms in total. The molecule has 164 valence electrons. The summed E-state index contributed by atoms with van der Waals surface area (Å²) in [6.45, 7) is 2.93. The van der Waals surface area contributed by atoms with Crippen LogP contribution in [-0.4, -0.2) is 18.5 Å². The molecule has 0 unspecified atom stereocenters. The number of unbranched alkanes of at least 4 members (excludes halogenated alkanes) is 13. The molecule has 0 saturated heterocycles. The number of carbonyl (C=O) groups excluding carboxylic acids is 2. The zero-order valence-corrected chi connectivity index (χ0v) is 24.0. The van der Waals surface area contributed by atoms with Crippen LogP contribution in [0.2, 0.25) is 0 Å². The summed E-state index contributed by atoms with van der Waals surface area (Å²) in [4.78, 5) is 22.0. The molecular weight excluding hydrogens is 412 g/mol. The number of aromatic carboxylic acids is 2. The number of rotatable bonds is 18. The minimum absolute atomic E-state index is 0. The Morgan fingerprint density at radius 3 is 1.35 bits per heavy atom. The van der Waals surface area contributed by atoms with Crippen LogP contribution in [0, 0.1) is 0 Å². The molecule has 0 saturated carbocycles. The molecule has 31 heavy (non-hydrogen) atoms. The summed E-state index contributed by atoms with van der Waals surface area (Å²) in [5, 5.41) is 25.1. The van der Waals surface area contributed by atoms with Gasteiger partial charge in [0.2, 0.25) is 0 Å². The third kappa shape index (κ3) is 17.1. The van der Waals surface area contributed by atoms with E-state index in [2.05, 4.69) is 12.2 Å². The molecule has 1 aromatic rings. The van der Waals surface area contributed by atoms with Gasteiger partial charge in [0.05, 0.1) is 11.9 Å². The number of carbonyl (C=O) groups is 2. The maximum Gasteiger partial charge on any atom is 1.00 e. The summed E-state index contributed by atoms with van der Waals surface area (Å²) in [6, 6.07) is 3.85. The van der Waals surface area contributed by atoms with E-state index < -0.39 is 11.9 Å². The first-order chi connectivity index (χ1) is 14.0. The van der Waals surface area contributed by atoms with Gasteiger partial charge >= 0.3 is 59.1 Å². The van der Waals surface area contributed by atoms with Gasteiger partial charge in [0.1, 0.15) is 0 Å². The van der Waals surface area contributed by atoms with Crippen molar-refractivity contribution in [1.29, 1.82) is 0 Å². The van der Waals surface area contributed by atoms with Crippen LogP contribution in [0.5, 0.6) is 0 Å². The van der Waals surface area contributed by atoms with E-state index in [-0.39, 0.29) is 70.2 Å². The molecule has 0 aliphatic rings. The summed E-state index contributed by atoms with van der Waals surface area (Å²) in [6.07, 6.45) is 18.1. The first-order valence-electron chi connectivity index (χ1n) is 11.4. The van der Waals surface area contributed by atoms with Gasteiger partial charge in [-0.15, -0.1) is 0 Å². The third-order valence-corrected chi connectivity index (χ3v) is 5.26. The van der Waals surface area contributed by atoms with Crippen LogP contribution in [0.1, 0.15) is 118 Å². The molecule has 0 aromatic heterocycles. The molecule has 0 amide bonds. The van der Waals surface area contributed by atoms with E-state index in [1.807, 2.05) is 0 Å². The third-order valence-electron chi connectivity index (χ3n) is 5.26. The van der Waals surface area contributed by atoms with Gasteiger partial charge in [0.25, 0.3) is 0 Å². The molecule has 7 heteroatoms. The van der Waals surface area contributed by atoms with Gasteiger partial charge in [0.15, 0.2) is 0 Å². The van der Waals surface area contributed by atoms with Crippen LogP contribution >= 0.6 is 0 Å². The Balaban J connectivity index is 0. The van der Waals surface area contributed by atoms with Crippen LogP contribution < -0.4 is 74.6 Å². The van der Waals surface area contributed by atoms with E-state index in [1.165, 1.54) is 89.2 Å². The van der Waals surface area contributed by atoms with Gasteiger partial charge < -0.3 is 25.1 Å². The van der Waals surface area contributed by atoms with Crippen molar-refractivity contribution >= 4 is 17.6 Å². The van der Waals surface area contributed by atoms with E-state index in [4.69, 9.17) is 0 Å². The van der Waals surface area contributed by atoms with Crippen molar-refractivity contribution in [1.82, 2.24) is 0 Å². The molecule has 1 N–H and O–H groups in total. The fraction of sp³-hybridized carbons (Fsp3) is 0.667. The number of anilines is 1. The molecular formula is C24H37NNa2O4. The summed E-state index contributed by atoms with van der Waals surface area (Å²) >= 11 is 0. The van der Waals surface area contributed by atoms with Crippen LogP contribution in [0.15, 0.2) is 18.2 Å². The average Bonchev–Trinajstić information content (AvgIpc) is 2.70. The monoisotopic (exact) mass is 449 g/mol. The first-order valence-corrected chi connectivity index (χ1v) is 11.4. The summed E-state index contributed by atoms with van der Waals surface area (Å²) in [5.74, 6) is -2.79. The van der Waals surface area contributed by atoms with Crippen molar-refractivity contribution in [2.24, 2.45) is 0 Å². The first kappa shape index (κ1) is 33.1. The topological polar surface area (TPSA) is 92.3 Å². The molecule has 0 aliphatic carbocycles. The number of carboxylic acid groups (broad SMARTS) is 2. The molecule has 0 heterocycles. The van der Waals surface area contributed by atoms with Gasteiger partial charge in [-0.25, -0.2) is 0 Å². The van der Waals surface area contributed by atoms with Gasteiger partial charge in [-0.1, -0.05) is 90.4 Å². The van der Waals surface area contributed by atoms with Crippen molar-refractivity contribution in [2.45, 2.75) is 96.8 Å². The second kappa shape index (κ2) is 21.8. The van der Waals surface area contributed by atoms with Crippen molar-refractivity contribution in [2.75, 3.05) is 11.9 Å². The molecule has 0 bridgehead atoms. The standard InChI is InChI=1S/C24H39NO4.2Na/c1-2-3-4-5-6-7-8-9-10-11-12-13-14-15-16-25-22-18-20(23(26)27)17-21(19-22)24(28)29;;/h17-19,25H,2-16H2,1H3,(H,26,27)(H,28,29);;/q;2*+1/p-2. The molecule has 0 spiro atoms. The van der Waals surface area contributed by atoms with Gasteiger partial charge in [-0.3, -0.25) is 0 Å². The Bertz CT molecular complexity index is 579. The van der Waals surface area contributed by atoms with Crippen molar-refractivity contribution in [3.05, 3.63) is 29.3 Å². The summed E-state index contributed by atoms with van der Waals surface area (Å²) in [7, 11) is 0. The van der Waals surface area contributed by atoms with Crippen LogP contribution in [0.25, 0.3) is 0 Å². The zero-order valence-electron chi connectivity index (χ0n) is 20.0. The Hall–Kier alpha value is -0.0400. The Labute approximate surface area is 232 Å². The van der Waals surface area contributed by atoms with Gasteiger partial charge in [0, 0.05) is 12.2 Å². The normalized spacial score (nSPS) is 10.1. The second-order valence-electron chi connectivity index (χ2n) is 7.90. The second-order valence-corrected chi connectivity index (χ2v) is 7.90. The molecule has 0 atom stereocenters. The van der Waals surface area contributed by atoms with Crippen LogP contribution in [-0.2, 0) is 0 Å². The number of benzene rings is 1. The largest absolute Gasteiger partial charge is 1.00 e. The maximum absolute atomic E-state index is 11.0. The predicted octanol–water partition coefficient (Wildman–Crippen LogP) is -1.69. The van der Waals surface area contributed by atoms with Gasteiger partial charge in [-0.05, 0) is 35.7 Å². The molecule has 1 aromatic carbocycles. The molecule has 0 fully saturated rings. The van der Waals surface area contributed by atoms with Crippen molar-refractivity contribution in [3.8, 4) is 0 Å². The Morgan fingerprint density at radius 2 is 1.00 bits per heavy atom. The number of nitrogens with one attached hydrogen (secondary N) is 1. The van der Waals surface area contributed by atoms with Crippen molar-refractivity contribution < 1.29 is 78.9 Å².